The normalized spacial score (nSPS) is 9.77. The van der Waals surface area contributed by atoms with E-state index in [0.717, 1.165) is 7.14 Å². The third-order valence-corrected chi connectivity index (χ3v) is 2.80. The molecule has 0 aliphatic carbocycles. The van der Waals surface area contributed by atoms with E-state index in [4.69, 9.17) is 0 Å². The SMILES string of the molecule is O=C(NNI)c1cc(I)cc(I)c1. The number of rotatable bonds is 2. The number of nitrogens with one attached hydrogen (secondary N) is 2. The lowest BCUT2D eigenvalue weighted by molar-refractivity contribution is 0.0949. The fraction of sp³-hybridized carbons (Fsp3) is 0. The maximum Gasteiger partial charge on any atom is 0.266 e. The first kappa shape index (κ1) is 11.9. The minimum atomic E-state index is -0.120. The first-order chi connectivity index (χ1) is 6.13. The van der Waals surface area contributed by atoms with Crippen LogP contribution in [-0.4, -0.2) is 5.91 Å². The van der Waals surface area contributed by atoms with Crippen molar-refractivity contribution in [2.45, 2.75) is 0 Å². The number of hydrogen-bond donors (Lipinski definition) is 2. The van der Waals surface area contributed by atoms with Gasteiger partial charge < -0.3 is 0 Å². The van der Waals surface area contributed by atoms with Gasteiger partial charge in [0.2, 0.25) is 0 Å². The van der Waals surface area contributed by atoms with Crippen molar-refractivity contribution in [2.75, 3.05) is 0 Å². The van der Waals surface area contributed by atoms with Crippen molar-refractivity contribution in [3.05, 3.63) is 30.9 Å². The van der Waals surface area contributed by atoms with Gasteiger partial charge in [0.1, 0.15) is 0 Å². The van der Waals surface area contributed by atoms with Crippen LogP contribution < -0.4 is 9.06 Å². The highest BCUT2D eigenvalue weighted by atomic mass is 127. The minimum absolute atomic E-state index is 0.120. The Morgan fingerprint density at radius 3 is 2.15 bits per heavy atom. The van der Waals surface area contributed by atoms with Gasteiger partial charge in [-0.3, -0.25) is 10.2 Å². The van der Waals surface area contributed by atoms with Crippen molar-refractivity contribution in [3.8, 4) is 0 Å². The van der Waals surface area contributed by atoms with E-state index in [1.165, 1.54) is 0 Å². The third-order valence-electron chi connectivity index (χ3n) is 1.29. The average molecular weight is 514 g/mol. The number of halogens is 3. The summed E-state index contributed by atoms with van der Waals surface area (Å²) in [5.74, 6) is -0.120. The molecule has 6 heteroatoms. The summed E-state index contributed by atoms with van der Waals surface area (Å²) in [6, 6.07) is 5.69. The monoisotopic (exact) mass is 514 g/mol. The van der Waals surface area contributed by atoms with Crippen LogP contribution in [0, 0.1) is 7.14 Å². The summed E-state index contributed by atoms with van der Waals surface area (Å²) in [4.78, 5) is 11.4. The van der Waals surface area contributed by atoms with Crippen molar-refractivity contribution in [3.63, 3.8) is 0 Å². The van der Waals surface area contributed by atoms with Crippen LogP contribution in [0.15, 0.2) is 18.2 Å². The van der Waals surface area contributed by atoms with Crippen LogP contribution in [-0.2, 0) is 0 Å². The molecule has 70 valence electrons. The van der Waals surface area contributed by atoms with Gasteiger partial charge in [0.25, 0.3) is 5.91 Å². The lowest BCUT2D eigenvalue weighted by Gasteiger charge is -2.02. The Kier molecular flexibility index (Phi) is 5.18. The highest BCUT2D eigenvalue weighted by Gasteiger charge is 2.05. The smallest absolute Gasteiger partial charge is 0.266 e. The molecule has 1 aromatic carbocycles. The number of hydrogen-bond acceptors (Lipinski definition) is 2. The lowest BCUT2D eigenvalue weighted by Crippen LogP contribution is -2.30. The van der Waals surface area contributed by atoms with E-state index in [-0.39, 0.29) is 5.91 Å². The fourth-order valence-corrected chi connectivity index (χ4v) is 2.98. The Bertz CT molecular complexity index is 309. The highest BCUT2D eigenvalue weighted by Crippen LogP contribution is 2.14. The van der Waals surface area contributed by atoms with Gasteiger partial charge in [-0.15, -0.1) is 0 Å². The molecule has 2 N–H and O–H groups in total. The first-order valence-corrected chi connectivity index (χ1v) is 6.49. The van der Waals surface area contributed by atoms with Crippen LogP contribution in [0.1, 0.15) is 10.4 Å². The largest absolute Gasteiger partial charge is 0.278 e. The minimum Gasteiger partial charge on any atom is -0.278 e. The van der Waals surface area contributed by atoms with Gasteiger partial charge in [-0.2, -0.15) is 3.64 Å². The molecule has 3 nitrogen and oxygen atoms in total. The van der Waals surface area contributed by atoms with Crippen LogP contribution in [0.25, 0.3) is 0 Å². The van der Waals surface area contributed by atoms with Crippen molar-refractivity contribution in [2.24, 2.45) is 0 Å². The zero-order chi connectivity index (χ0) is 9.84. The number of carbonyl (C=O) groups excluding carboxylic acids is 1. The van der Waals surface area contributed by atoms with E-state index in [9.17, 15) is 4.79 Å². The molecular formula is C7H5I3N2O. The maximum atomic E-state index is 11.4. The van der Waals surface area contributed by atoms with E-state index in [2.05, 4.69) is 54.2 Å². The maximum absolute atomic E-state index is 11.4. The van der Waals surface area contributed by atoms with E-state index in [1.807, 2.05) is 41.1 Å². The molecule has 0 aliphatic heterocycles. The number of hydrazine groups is 1. The summed E-state index contributed by atoms with van der Waals surface area (Å²) in [5, 5.41) is 0. The predicted octanol–water partition coefficient (Wildman–Crippen LogP) is 2.48. The van der Waals surface area contributed by atoms with Gasteiger partial charge >= 0.3 is 0 Å². The Morgan fingerprint density at radius 2 is 1.69 bits per heavy atom. The van der Waals surface area contributed by atoms with Crippen molar-refractivity contribution in [1.29, 1.82) is 0 Å². The molecule has 0 atom stereocenters. The van der Waals surface area contributed by atoms with Crippen LogP contribution >= 0.6 is 68.0 Å². The predicted molar refractivity (Wildman–Crippen MR) is 76.5 cm³/mol. The molecule has 0 radical (unpaired) electrons. The molecule has 0 unspecified atom stereocenters. The topological polar surface area (TPSA) is 41.1 Å². The molecule has 1 aromatic rings. The number of benzene rings is 1. The number of amides is 1. The molecule has 0 bridgehead atoms. The van der Waals surface area contributed by atoms with Crippen LogP contribution in [0.3, 0.4) is 0 Å². The molecule has 0 aromatic heterocycles. The summed E-state index contributed by atoms with van der Waals surface area (Å²) in [5.41, 5.74) is 3.17. The van der Waals surface area contributed by atoms with E-state index in [0.29, 0.717) is 5.56 Å². The highest BCUT2D eigenvalue weighted by molar-refractivity contribution is 14.1. The van der Waals surface area contributed by atoms with E-state index < -0.39 is 0 Å². The fourth-order valence-electron chi connectivity index (χ4n) is 0.800. The molecule has 1 amide bonds. The van der Waals surface area contributed by atoms with Gasteiger partial charge in [0.05, 0.1) is 0 Å². The van der Waals surface area contributed by atoms with Gasteiger partial charge in [0.15, 0.2) is 0 Å². The van der Waals surface area contributed by atoms with Crippen LogP contribution in [0.2, 0.25) is 0 Å². The molecule has 0 saturated heterocycles. The molecule has 0 fully saturated rings. The molecular weight excluding hydrogens is 509 g/mol. The van der Waals surface area contributed by atoms with Crippen molar-refractivity contribution >= 4 is 74.0 Å². The van der Waals surface area contributed by atoms with Crippen LogP contribution in [0.4, 0.5) is 0 Å². The lowest BCUT2D eigenvalue weighted by atomic mass is 10.2. The molecule has 1 rings (SSSR count). The quantitative estimate of drug-likeness (QED) is 0.362. The zero-order valence-corrected chi connectivity index (χ0v) is 12.7. The van der Waals surface area contributed by atoms with E-state index >= 15 is 0 Å². The first-order valence-electron chi connectivity index (χ1n) is 3.25. The second-order valence-corrected chi connectivity index (χ2v) is 5.24. The summed E-state index contributed by atoms with van der Waals surface area (Å²) >= 11 is 6.23. The molecule has 13 heavy (non-hydrogen) atoms. The summed E-state index contributed by atoms with van der Waals surface area (Å²) in [6.07, 6.45) is 0. The molecule has 0 heterocycles. The van der Waals surface area contributed by atoms with Crippen LogP contribution in [0.5, 0.6) is 0 Å². The standard InChI is InChI=1S/C7H5I3N2O/c8-5-1-4(2-6(9)3-5)7(13)11-12-10/h1-3,12H,(H,11,13). The molecule has 0 spiro atoms. The Balaban J connectivity index is 2.94. The Morgan fingerprint density at radius 1 is 1.15 bits per heavy atom. The second-order valence-electron chi connectivity index (χ2n) is 2.21. The number of carbonyl (C=O) groups is 1. The molecule has 0 aliphatic rings. The summed E-state index contributed by atoms with van der Waals surface area (Å²) in [7, 11) is 0. The molecule has 0 saturated carbocycles. The van der Waals surface area contributed by atoms with Gasteiger partial charge in [-0.1, -0.05) is 0 Å². The zero-order valence-electron chi connectivity index (χ0n) is 6.27. The van der Waals surface area contributed by atoms with E-state index in [1.54, 1.807) is 0 Å². The Labute approximate surface area is 117 Å². The van der Waals surface area contributed by atoms with Crippen molar-refractivity contribution < 1.29 is 4.79 Å². The third kappa shape index (κ3) is 3.83. The summed E-state index contributed by atoms with van der Waals surface area (Å²) < 4.78 is 4.69. The van der Waals surface area contributed by atoms with Gasteiger partial charge in [-0.25, -0.2) is 0 Å². The van der Waals surface area contributed by atoms with Gasteiger partial charge in [-0.05, 0) is 63.4 Å². The summed E-state index contributed by atoms with van der Waals surface area (Å²) in [6.45, 7) is 0. The second kappa shape index (κ2) is 5.66. The average Bonchev–Trinajstić information content (AvgIpc) is 2.03. The van der Waals surface area contributed by atoms with Gasteiger partial charge in [0, 0.05) is 35.6 Å². The van der Waals surface area contributed by atoms with Crippen molar-refractivity contribution in [1.82, 2.24) is 9.06 Å². The Hall–Kier alpha value is 0.840.